The molecule has 3 rings (SSSR count). The van der Waals surface area contributed by atoms with E-state index in [1.165, 1.54) is 0 Å². The topological polar surface area (TPSA) is 59.8 Å². The van der Waals surface area contributed by atoms with E-state index in [0.717, 1.165) is 16.8 Å². The maximum Gasteiger partial charge on any atom is 0.274 e. The largest absolute Gasteiger partial charge is 0.321 e. The van der Waals surface area contributed by atoms with E-state index < -0.39 is 0 Å². The predicted octanol–water partition coefficient (Wildman–Crippen LogP) is 2.73. The van der Waals surface area contributed by atoms with Crippen molar-refractivity contribution in [3.05, 3.63) is 66.7 Å². The van der Waals surface area contributed by atoms with Crippen molar-refractivity contribution < 1.29 is 4.79 Å². The van der Waals surface area contributed by atoms with Gasteiger partial charge in [0.2, 0.25) is 0 Å². The van der Waals surface area contributed by atoms with Crippen LogP contribution in [0.25, 0.3) is 11.1 Å². The molecule has 0 saturated carbocycles. The van der Waals surface area contributed by atoms with E-state index in [-0.39, 0.29) is 5.91 Å². The number of aromatic nitrogens is 3. The lowest BCUT2D eigenvalue weighted by Crippen LogP contribution is -2.13. The Kier molecular flexibility index (Phi) is 3.47. The fourth-order valence-electron chi connectivity index (χ4n) is 2.04. The summed E-state index contributed by atoms with van der Waals surface area (Å²) in [5.41, 5.74) is 3.13. The molecule has 0 saturated heterocycles. The number of carbonyl (C=O) groups is 1. The van der Waals surface area contributed by atoms with Crippen molar-refractivity contribution in [2.45, 2.75) is 0 Å². The third kappa shape index (κ3) is 2.97. The van der Waals surface area contributed by atoms with Crippen LogP contribution in [0.1, 0.15) is 10.5 Å². The summed E-state index contributed by atoms with van der Waals surface area (Å²) in [5, 5.41) is 7.00. The molecule has 1 amide bonds. The van der Waals surface area contributed by atoms with E-state index in [0.29, 0.717) is 5.69 Å². The van der Waals surface area contributed by atoms with E-state index in [2.05, 4.69) is 15.4 Å². The molecule has 0 atom stereocenters. The number of hydrogen-bond acceptors (Lipinski definition) is 3. The van der Waals surface area contributed by atoms with Crippen LogP contribution < -0.4 is 5.32 Å². The molecule has 0 aliphatic heterocycles. The predicted molar refractivity (Wildman–Crippen MR) is 80.8 cm³/mol. The number of aryl methyl sites for hydroxylation is 1. The fraction of sp³-hybridized carbons (Fsp3) is 0.0625. The van der Waals surface area contributed by atoms with Gasteiger partial charge in [-0.1, -0.05) is 18.2 Å². The number of hydrogen-bond donors (Lipinski definition) is 1. The highest BCUT2D eigenvalue weighted by Gasteiger charge is 2.07. The number of benzene rings is 1. The fourth-order valence-corrected chi connectivity index (χ4v) is 2.04. The van der Waals surface area contributed by atoms with Gasteiger partial charge < -0.3 is 5.32 Å². The number of rotatable bonds is 3. The van der Waals surface area contributed by atoms with Gasteiger partial charge >= 0.3 is 0 Å². The van der Waals surface area contributed by atoms with Gasteiger partial charge in [0, 0.05) is 30.7 Å². The first-order valence-corrected chi connectivity index (χ1v) is 6.54. The lowest BCUT2D eigenvalue weighted by atomic mass is 10.1. The van der Waals surface area contributed by atoms with Crippen molar-refractivity contribution in [1.29, 1.82) is 0 Å². The van der Waals surface area contributed by atoms with Crippen LogP contribution in [-0.4, -0.2) is 20.7 Å². The summed E-state index contributed by atoms with van der Waals surface area (Å²) in [6.07, 6.45) is 5.32. The Morgan fingerprint density at radius 2 is 2.05 bits per heavy atom. The number of nitrogens with one attached hydrogen (secondary N) is 1. The zero-order chi connectivity index (χ0) is 14.7. The standard InChI is InChI=1S/C16H14N4O/c1-20-11-13(10-18-20)12-5-4-6-14(9-12)19-16(21)15-7-2-3-8-17-15/h2-11H,1H3,(H,19,21). The summed E-state index contributed by atoms with van der Waals surface area (Å²) < 4.78 is 1.74. The van der Waals surface area contributed by atoms with E-state index in [1.54, 1.807) is 35.3 Å². The zero-order valence-electron chi connectivity index (χ0n) is 11.5. The van der Waals surface area contributed by atoms with Crippen LogP contribution in [0.5, 0.6) is 0 Å². The third-order valence-electron chi connectivity index (χ3n) is 3.06. The number of pyridine rings is 1. The molecule has 3 aromatic rings. The van der Waals surface area contributed by atoms with Gasteiger partial charge in [0.05, 0.1) is 6.20 Å². The van der Waals surface area contributed by atoms with E-state index in [4.69, 9.17) is 0 Å². The van der Waals surface area contributed by atoms with Crippen LogP contribution in [0, 0.1) is 0 Å². The lowest BCUT2D eigenvalue weighted by molar-refractivity contribution is 0.102. The highest BCUT2D eigenvalue weighted by molar-refractivity contribution is 6.03. The van der Waals surface area contributed by atoms with E-state index >= 15 is 0 Å². The Morgan fingerprint density at radius 1 is 1.14 bits per heavy atom. The maximum absolute atomic E-state index is 12.1. The Balaban J connectivity index is 1.82. The summed E-state index contributed by atoms with van der Waals surface area (Å²) in [6.45, 7) is 0. The zero-order valence-corrected chi connectivity index (χ0v) is 11.5. The Labute approximate surface area is 122 Å². The van der Waals surface area contributed by atoms with Gasteiger partial charge in [-0.25, -0.2) is 0 Å². The average molecular weight is 278 g/mol. The molecule has 0 spiro atoms. The minimum absolute atomic E-state index is 0.223. The molecule has 0 aliphatic carbocycles. The molecule has 2 heterocycles. The van der Waals surface area contributed by atoms with Gasteiger partial charge in [-0.3, -0.25) is 14.5 Å². The van der Waals surface area contributed by atoms with Crippen LogP contribution in [0.4, 0.5) is 5.69 Å². The van der Waals surface area contributed by atoms with Crippen LogP contribution in [0.3, 0.4) is 0 Å². The Bertz CT molecular complexity index is 765. The highest BCUT2D eigenvalue weighted by Crippen LogP contribution is 2.22. The summed E-state index contributed by atoms with van der Waals surface area (Å²) in [7, 11) is 1.87. The SMILES string of the molecule is Cn1cc(-c2cccc(NC(=O)c3ccccn3)c2)cn1. The molecule has 1 N–H and O–H groups in total. The number of anilines is 1. The first kappa shape index (κ1) is 13.1. The van der Waals surface area contributed by atoms with Crippen LogP contribution in [0.2, 0.25) is 0 Å². The van der Waals surface area contributed by atoms with Gasteiger partial charge in [0.15, 0.2) is 0 Å². The normalized spacial score (nSPS) is 10.3. The van der Waals surface area contributed by atoms with Crippen molar-refractivity contribution in [2.75, 3.05) is 5.32 Å². The highest BCUT2D eigenvalue weighted by atomic mass is 16.1. The van der Waals surface area contributed by atoms with Gasteiger partial charge in [-0.2, -0.15) is 5.10 Å². The van der Waals surface area contributed by atoms with Gasteiger partial charge in [0.1, 0.15) is 5.69 Å². The quantitative estimate of drug-likeness (QED) is 0.801. The molecule has 5 nitrogen and oxygen atoms in total. The first-order valence-electron chi connectivity index (χ1n) is 6.54. The monoisotopic (exact) mass is 278 g/mol. The number of amides is 1. The van der Waals surface area contributed by atoms with Gasteiger partial charge in [-0.05, 0) is 29.8 Å². The minimum atomic E-state index is -0.223. The van der Waals surface area contributed by atoms with Crippen LogP contribution in [0.15, 0.2) is 61.1 Å². The van der Waals surface area contributed by atoms with Crippen LogP contribution >= 0.6 is 0 Å². The summed E-state index contributed by atoms with van der Waals surface area (Å²) in [4.78, 5) is 16.1. The molecule has 2 aromatic heterocycles. The summed E-state index contributed by atoms with van der Waals surface area (Å²) >= 11 is 0. The minimum Gasteiger partial charge on any atom is -0.321 e. The first-order chi connectivity index (χ1) is 10.2. The molecule has 1 aromatic carbocycles. The molecule has 5 heteroatoms. The van der Waals surface area contributed by atoms with E-state index in [1.807, 2.05) is 37.5 Å². The molecule has 0 fully saturated rings. The second-order valence-electron chi connectivity index (χ2n) is 4.65. The smallest absolute Gasteiger partial charge is 0.274 e. The summed E-state index contributed by atoms with van der Waals surface area (Å²) in [5.74, 6) is -0.223. The number of nitrogens with zero attached hydrogens (tertiary/aromatic N) is 3. The molecule has 21 heavy (non-hydrogen) atoms. The van der Waals surface area contributed by atoms with Gasteiger partial charge in [0.25, 0.3) is 5.91 Å². The Morgan fingerprint density at radius 3 is 2.76 bits per heavy atom. The second-order valence-corrected chi connectivity index (χ2v) is 4.65. The molecule has 0 radical (unpaired) electrons. The average Bonchev–Trinajstić information content (AvgIpc) is 2.95. The van der Waals surface area contributed by atoms with Crippen molar-refractivity contribution >= 4 is 11.6 Å². The van der Waals surface area contributed by atoms with E-state index in [9.17, 15) is 4.79 Å². The molecule has 104 valence electrons. The van der Waals surface area contributed by atoms with Crippen molar-refractivity contribution in [1.82, 2.24) is 14.8 Å². The van der Waals surface area contributed by atoms with Crippen LogP contribution in [-0.2, 0) is 7.05 Å². The molecular formula is C16H14N4O. The lowest BCUT2D eigenvalue weighted by Gasteiger charge is -2.06. The third-order valence-corrected chi connectivity index (χ3v) is 3.06. The molecule has 0 aliphatic rings. The number of carbonyl (C=O) groups excluding carboxylic acids is 1. The molecular weight excluding hydrogens is 264 g/mol. The second kappa shape index (κ2) is 5.58. The molecule has 0 unspecified atom stereocenters. The van der Waals surface area contributed by atoms with Crippen molar-refractivity contribution in [3.63, 3.8) is 0 Å². The summed E-state index contributed by atoms with van der Waals surface area (Å²) in [6, 6.07) is 12.9. The molecule has 0 bridgehead atoms. The Hall–Kier alpha value is -2.95. The maximum atomic E-state index is 12.1. The van der Waals surface area contributed by atoms with Crippen molar-refractivity contribution in [2.24, 2.45) is 7.05 Å². The van der Waals surface area contributed by atoms with Gasteiger partial charge in [-0.15, -0.1) is 0 Å². The van der Waals surface area contributed by atoms with Crippen molar-refractivity contribution in [3.8, 4) is 11.1 Å².